The van der Waals surface area contributed by atoms with Crippen LogP contribution < -0.4 is 5.14 Å². The highest BCUT2D eigenvalue weighted by Gasteiger charge is 2.21. The van der Waals surface area contributed by atoms with E-state index < -0.39 is 21.9 Å². The van der Waals surface area contributed by atoms with Gasteiger partial charge in [-0.2, -0.15) is 0 Å². The number of carbonyl (C=O) groups excluding carboxylic acids is 1. The molecule has 0 radical (unpaired) electrons. The first-order chi connectivity index (χ1) is 9.61. The molecule has 0 aliphatic heterocycles. The van der Waals surface area contributed by atoms with Crippen molar-refractivity contribution >= 4 is 33.2 Å². The average molecular weight is 334 g/mol. The number of aliphatic carboxylic acids is 1. The zero-order chi connectivity index (χ0) is 16.2. The van der Waals surface area contributed by atoms with Crippen molar-refractivity contribution in [2.24, 2.45) is 11.1 Å². The molecule has 21 heavy (non-hydrogen) atoms. The van der Waals surface area contributed by atoms with Gasteiger partial charge in [0.1, 0.15) is 4.21 Å². The molecule has 0 saturated carbocycles. The van der Waals surface area contributed by atoms with Crippen LogP contribution >= 0.6 is 11.3 Å². The van der Waals surface area contributed by atoms with Crippen molar-refractivity contribution in [3.05, 3.63) is 17.0 Å². The number of rotatable bonds is 7. The number of nitrogens with two attached hydrogens (primary N) is 1. The molecule has 0 spiro atoms. The van der Waals surface area contributed by atoms with E-state index in [2.05, 4.69) is 0 Å². The van der Waals surface area contributed by atoms with Crippen LogP contribution in [0.15, 0.2) is 15.7 Å². The number of carbonyl (C=O) groups is 2. The Balaban J connectivity index is 2.93. The SMILES string of the molecule is CC(C)CN(CCC(=O)O)C(=O)c1csc(S(N)(=O)=O)c1. The Morgan fingerprint density at radius 2 is 2.05 bits per heavy atom. The van der Waals surface area contributed by atoms with E-state index in [0.717, 1.165) is 11.3 Å². The van der Waals surface area contributed by atoms with Crippen molar-refractivity contribution in [3.63, 3.8) is 0 Å². The van der Waals surface area contributed by atoms with Crippen LogP contribution in [0.1, 0.15) is 30.6 Å². The minimum atomic E-state index is -3.84. The summed E-state index contributed by atoms with van der Waals surface area (Å²) in [6.07, 6.45) is -0.162. The molecule has 118 valence electrons. The molecule has 1 aromatic heterocycles. The number of nitrogens with zero attached hydrogens (tertiary/aromatic N) is 1. The Labute approximate surface area is 127 Å². The van der Waals surface area contributed by atoms with Gasteiger partial charge in [0.15, 0.2) is 0 Å². The minimum absolute atomic E-state index is 0.0763. The van der Waals surface area contributed by atoms with E-state index in [1.807, 2.05) is 13.8 Å². The monoisotopic (exact) mass is 334 g/mol. The number of amides is 1. The van der Waals surface area contributed by atoms with Crippen molar-refractivity contribution in [2.45, 2.75) is 24.5 Å². The molecule has 0 aliphatic rings. The quantitative estimate of drug-likeness (QED) is 0.770. The summed E-state index contributed by atoms with van der Waals surface area (Å²) < 4.78 is 22.3. The number of carboxylic acid groups (broad SMARTS) is 1. The molecule has 0 fully saturated rings. The van der Waals surface area contributed by atoms with Crippen molar-refractivity contribution in [1.82, 2.24) is 4.90 Å². The first-order valence-corrected chi connectivity index (χ1v) is 8.66. The van der Waals surface area contributed by atoms with Gasteiger partial charge in [-0.1, -0.05) is 13.8 Å². The first-order valence-electron chi connectivity index (χ1n) is 6.23. The summed E-state index contributed by atoms with van der Waals surface area (Å²) in [7, 11) is -3.84. The second-order valence-corrected chi connectivity index (χ2v) is 7.69. The third-order valence-corrected chi connectivity index (χ3v) is 4.96. The van der Waals surface area contributed by atoms with Crippen molar-refractivity contribution in [3.8, 4) is 0 Å². The van der Waals surface area contributed by atoms with Crippen LogP contribution in [0.5, 0.6) is 0 Å². The predicted octanol–water partition coefficient (Wildman–Crippen LogP) is 0.968. The third-order valence-electron chi connectivity index (χ3n) is 2.57. The van der Waals surface area contributed by atoms with Crippen LogP contribution in [-0.2, 0) is 14.8 Å². The third kappa shape index (κ3) is 5.44. The van der Waals surface area contributed by atoms with Gasteiger partial charge in [0.05, 0.1) is 12.0 Å². The molecule has 1 amide bonds. The molecule has 0 bridgehead atoms. The Hall–Kier alpha value is -1.45. The van der Waals surface area contributed by atoms with E-state index in [9.17, 15) is 18.0 Å². The first kappa shape index (κ1) is 17.6. The van der Waals surface area contributed by atoms with Crippen LogP contribution in [-0.4, -0.2) is 43.4 Å². The number of primary sulfonamides is 1. The highest BCUT2D eigenvalue weighted by Crippen LogP contribution is 2.20. The zero-order valence-electron chi connectivity index (χ0n) is 11.8. The highest BCUT2D eigenvalue weighted by molar-refractivity contribution is 7.91. The second kappa shape index (κ2) is 7.01. The standard InChI is InChI=1S/C12H18N2O5S2/c1-8(2)6-14(4-3-10(15)16)12(17)9-5-11(20-7-9)21(13,18)19/h5,7-8H,3-4,6H2,1-2H3,(H,15,16)(H2,13,18,19). The molecular formula is C12H18N2O5S2. The lowest BCUT2D eigenvalue weighted by Gasteiger charge is -2.23. The smallest absolute Gasteiger partial charge is 0.305 e. The summed E-state index contributed by atoms with van der Waals surface area (Å²) in [5.74, 6) is -1.22. The van der Waals surface area contributed by atoms with E-state index in [1.54, 1.807) is 0 Å². The zero-order valence-corrected chi connectivity index (χ0v) is 13.4. The van der Waals surface area contributed by atoms with Gasteiger partial charge in [0, 0.05) is 18.5 Å². The summed E-state index contributed by atoms with van der Waals surface area (Å²) in [6.45, 7) is 4.29. The summed E-state index contributed by atoms with van der Waals surface area (Å²) >= 11 is 0.869. The maximum atomic E-state index is 12.3. The van der Waals surface area contributed by atoms with Gasteiger partial charge in [-0.15, -0.1) is 11.3 Å². The Kier molecular flexibility index (Phi) is 5.87. The molecule has 9 heteroatoms. The van der Waals surface area contributed by atoms with Crippen LogP contribution in [0.2, 0.25) is 0 Å². The van der Waals surface area contributed by atoms with Gasteiger partial charge in [-0.25, -0.2) is 13.6 Å². The van der Waals surface area contributed by atoms with Crippen molar-refractivity contribution < 1.29 is 23.1 Å². The fourth-order valence-corrected chi connectivity index (χ4v) is 3.29. The van der Waals surface area contributed by atoms with E-state index in [0.29, 0.717) is 6.54 Å². The molecule has 0 atom stereocenters. The lowest BCUT2D eigenvalue weighted by molar-refractivity contribution is -0.137. The lowest BCUT2D eigenvalue weighted by atomic mass is 10.2. The number of hydrogen-bond acceptors (Lipinski definition) is 5. The summed E-state index contributed by atoms with van der Waals surface area (Å²) in [5, 5.41) is 15.1. The Bertz CT molecular complexity index is 621. The van der Waals surface area contributed by atoms with Crippen molar-refractivity contribution in [2.75, 3.05) is 13.1 Å². The summed E-state index contributed by atoms with van der Waals surface area (Å²) in [5.41, 5.74) is 0.204. The average Bonchev–Trinajstić information content (AvgIpc) is 2.82. The Morgan fingerprint density at radius 3 is 2.48 bits per heavy atom. The number of hydrogen-bond donors (Lipinski definition) is 2. The number of thiophene rings is 1. The van der Waals surface area contributed by atoms with E-state index >= 15 is 0 Å². The van der Waals surface area contributed by atoms with Crippen LogP contribution in [0.3, 0.4) is 0 Å². The van der Waals surface area contributed by atoms with Gasteiger partial charge in [0.25, 0.3) is 5.91 Å². The predicted molar refractivity (Wildman–Crippen MR) is 78.7 cm³/mol. The molecule has 3 N–H and O–H groups in total. The van der Waals surface area contributed by atoms with Crippen LogP contribution in [0, 0.1) is 5.92 Å². The normalized spacial score (nSPS) is 11.6. The van der Waals surface area contributed by atoms with Crippen LogP contribution in [0.4, 0.5) is 0 Å². The number of sulfonamides is 1. The molecule has 0 saturated heterocycles. The highest BCUT2D eigenvalue weighted by atomic mass is 32.2. The van der Waals surface area contributed by atoms with E-state index in [4.69, 9.17) is 10.2 Å². The van der Waals surface area contributed by atoms with E-state index in [1.165, 1.54) is 16.3 Å². The molecule has 0 unspecified atom stereocenters. The molecule has 1 aromatic rings. The van der Waals surface area contributed by atoms with Crippen LogP contribution in [0.25, 0.3) is 0 Å². The van der Waals surface area contributed by atoms with Gasteiger partial charge < -0.3 is 10.0 Å². The summed E-state index contributed by atoms with van der Waals surface area (Å²) in [4.78, 5) is 24.4. The topological polar surface area (TPSA) is 118 Å². The summed E-state index contributed by atoms with van der Waals surface area (Å²) in [6, 6.07) is 1.22. The molecule has 0 aromatic carbocycles. The maximum Gasteiger partial charge on any atom is 0.305 e. The minimum Gasteiger partial charge on any atom is -0.481 e. The second-order valence-electron chi connectivity index (χ2n) is 4.99. The van der Waals surface area contributed by atoms with Gasteiger partial charge in [-0.3, -0.25) is 9.59 Å². The van der Waals surface area contributed by atoms with E-state index in [-0.39, 0.29) is 28.7 Å². The van der Waals surface area contributed by atoms with Gasteiger partial charge in [0.2, 0.25) is 10.0 Å². The maximum absolute atomic E-state index is 12.3. The fourth-order valence-electron chi connectivity index (χ4n) is 1.71. The fraction of sp³-hybridized carbons (Fsp3) is 0.500. The lowest BCUT2D eigenvalue weighted by Crippen LogP contribution is -2.35. The molecular weight excluding hydrogens is 316 g/mol. The van der Waals surface area contributed by atoms with Crippen molar-refractivity contribution in [1.29, 1.82) is 0 Å². The van der Waals surface area contributed by atoms with Gasteiger partial charge in [-0.05, 0) is 12.0 Å². The number of carboxylic acids is 1. The largest absolute Gasteiger partial charge is 0.481 e. The molecule has 1 heterocycles. The molecule has 1 rings (SSSR count). The molecule has 0 aliphatic carbocycles. The van der Waals surface area contributed by atoms with Gasteiger partial charge >= 0.3 is 5.97 Å². The molecule has 7 nitrogen and oxygen atoms in total. The Morgan fingerprint density at radius 1 is 1.43 bits per heavy atom.